The average Bonchev–Trinajstić information content (AvgIpc) is 2.78. The molecule has 0 heterocycles. The monoisotopic (exact) mass is 437 g/mol. The summed E-state index contributed by atoms with van der Waals surface area (Å²) in [6.07, 6.45) is 1.79. The second kappa shape index (κ2) is 11.4. The fourth-order valence-corrected chi connectivity index (χ4v) is 3.44. The lowest BCUT2D eigenvalue weighted by Crippen LogP contribution is -2.33. The molecule has 0 saturated heterocycles. The molecule has 3 aromatic carbocycles. The van der Waals surface area contributed by atoms with Crippen LogP contribution in [0.4, 0.5) is 0 Å². The Kier molecular flexibility index (Phi) is 8.36. The van der Waals surface area contributed by atoms with Gasteiger partial charge in [-0.2, -0.15) is 0 Å². The number of halogens is 1. The van der Waals surface area contributed by atoms with Crippen molar-refractivity contribution in [1.29, 1.82) is 0 Å². The highest BCUT2D eigenvalue weighted by Crippen LogP contribution is 2.24. The van der Waals surface area contributed by atoms with E-state index in [2.05, 4.69) is 17.4 Å². The number of rotatable bonds is 10. The van der Waals surface area contributed by atoms with Crippen molar-refractivity contribution >= 4 is 17.5 Å². The average molecular weight is 438 g/mol. The summed E-state index contributed by atoms with van der Waals surface area (Å²) in [6, 6.07) is 23.0. The Balaban J connectivity index is 1.64. The summed E-state index contributed by atoms with van der Waals surface area (Å²) in [6.45, 7) is 4.77. The third-order valence-corrected chi connectivity index (χ3v) is 5.13. The van der Waals surface area contributed by atoms with Gasteiger partial charge in [0.2, 0.25) is 0 Å². The van der Waals surface area contributed by atoms with Gasteiger partial charge in [0, 0.05) is 22.2 Å². The largest absolute Gasteiger partial charge is 0.493 e. The first-order valence-corrected chi connectivity index (χ1v) is 10.9. The molecule has 0 radical (unpaired) electrons. The minimum absolute atomic E-state index is 0.0606. The second-order valence-electron chi connectivity index (χ2n) is 7.40. The first-order valence-electron chi connectivity index (χ1n) is 10.5. The van der Waals surface area contributed by atoms with E-state index in [9.17, 15) is 4.79 Å². The number of aryl methyl sites for hydroxylation is 1. The first-order chi connectivity index (χ1) is 15.0. The molecule has 0 spiro atoms. The van der Waals surface area contributed by atoms with Gasteiger partial charge in [-0.15, -0.1) is 0 Å². The van der Waals surface area contributed by atoms with Crippen LogP contribution in [0.1, 0.15) is 41.8 Å². The SMILES string of the molecule is CCOc1ccc(C(=O)N[C@@H](C)CCc2ccccc2)cc1COc1cccc(Cl)c1. The summed E-state index contributed by atoms with van der Waals surface area (Å²) in [5.41, 5.74) is 2.66. The zero-order valence-corrected chi connectivity index (χ0v) is 18.7. The van der Waals surface area contributed by atoms with Crippen molar-refractivity contribution in [2.45, 2.75) is 39.3 Å². The zero-order valence-electron chi connectivity index (χ0n) is 17.9. The van der Waals surface area contributed by atoms with Crippen molar-refractivity contribution in [2.75, 3.05) is 6.61 Å². The molecule has 4 nitrogen and oxygen atoms in total. The number of hydrogen-bond acceptors (Lipinski definition) is 3. The summed E-state index contributed by atoms with van der Waals surface area (Å²) >= 11 is 6.03. The molecule has 162 valence electrons. The number of amides is 1. The van der Waals surface area contributed by atoms with E-state index >= 15 is 0 Å². The van der Waals surface area contributed by atoms with Crippen LogP contribution in [-0.2, 0) is 13.0 Å². The molecule has 0 unspecified atom stereocenters. The highest BCUT2D eigenvalue weighted by atomic mass is 35.5. The van der Waals surface area contributed by atoms with Gasteiger partial charge in [-0.05, 0) is 68.7 Å². The highest BCUT2D eigenvalue weighted by Gasteiger charge is 2.14. The maximum Gasteiger partial charge on any atom is 0.251 e. The van der Waals surface area contributed by atoms with Gasteiger partial charge in [-0.3, -0.25) is 4.79 Å². The van der Waals surface area contributed by atoms with Crippen molar-refractivity contribution in [2.24, 2.45) is 0 Å². The van der Waals surface area contributed by atoms with Crippen LogP contribution in [0.25, 0.3) is 0 Å². The molecule has 1 N–H and O–H groups in total. The molecule has 0 aliphatic rings. The fourth-order valence-electron chi connectivity index (χ4n) is 3.25. The summed E-state index contributed by atoms with van der Waals surface area (Å²) in [4.78, 5) is 12.8. The van der Waals surface area contributed by atoms with E-state index in [1.54, 1.807) is 18.2 Å². The van der Waals surface area contributed by atoms with E-state index in [1.165, 1.54) is 5.56 Å². The molecule has 3 rings (SSSR count). The van der Waals surface area contributed by atoms with Crippen LogP contribution < -0.4 is 14.8 Å². The van der Waals surface area contributed by atoms with Gasteiger partial charge < -0.3 is 14.8 Å². The van der Waals surface area contributed by atoms with Gasteiger partial charge in [-0.25, -0.2) is 0 Å². The summed E-state index contributed by atoms with van der Waals surface area (Å²) in [5.74, 6) is 1.27. The molecule has 0 saturated carbocycles. The quantitative estimate of drug-likeness (QED) is 0.418. The van der Waals surface area contributed by atoms with Crippen LogP contribution in [-0.4, -0.2) is 18.6 Å². The Morgan fingerprint density at radius 2 is 1.81 bits per heavy atom. The number of nitrogens with one attached hydrogen (secondary N) is 1. The molecule has 0 aromatic heterocycles. The van der Waals surface area contributed by atoms with Gasteiger partial charge >= 0.3 is 0 Å². The molecule has 1 amide bonds. The molecule has 31 heavy (non-hydrogen) atoms. The van der Waals surface area contributed by atoms with Crippen LogP contribution in [0.3, 0.4) is 0 Å². The normalized spacial score (nSPS) is 11.6. The minimum atomic E-state index is -0.104. The van der Waals surface area contributed by atoms with Crippen molar-refractivity contribution in [3.8, 4) is 11.5 Å². The van der Waals surface area contributed by atoms with Crippen LogP contribution >= 0.6 is 11.6 Å². The maximum absolute atomic E-state index is 12.8. The lowest BCUT2D eigenvalue weighted by Gasteiger charge is -2.16. The van der Waals surface area contributed by atoms with E-state index in [1.807, 2.05) is 56.3 Å². The van der Waals surface area contributed by atoms with Crippen LogP contribution in [0.2, 0.25) is 5.02 Å². The van der Waals surface area contributed by atoms with Gasteiger partial charge in [0.15, 0.2) is 0 Å². The summed E-state index contributed by atoms with van der Waals surface area (Å²) in [7, 11) is 0. The third kappa shape index (κ3) is 7.04. The molecular weight excluding hydrogens is 410 g/mol. The lowest BCUT2D eigenvalue weighted by molar-refractivity contribution is 0.0938. The van der Waals surface area contributed by atoms with Gasteiger partial charge in [0.05, 0.1) is 6.61 Å². The van der Waals surface area contributed by atoms with E-state index in [0.29, 0.717) is 28.7 Å². The third-order valence-electron chi connectivity index (χ3n) is 4.90. The maximum atomic E-state index is 12.8. The molecule has 0 bridgehead atoms. The molecule has 1 atom stereocenters. The predicted octanol–water partition coefficient (Wildman–Crippen LogP) is 6.07. The van der Waals surface area contributed by atoms with Gasteiger partial charge in [-0.1, -0.05) is 48.0 Å². The van der Waals surface area contributed by atoms with Crippen molar-refractivity contribution in [3.05, 3.63) is 94.5 Å². The predicted molar refractivity (Wildman–Crippen MR) is 125 cm³/mol. The fraction of sp³-hybridized carbons (Fsp3) is 0.269. The Morgan fingerprint density at radius 3 is 2.55 bits per heavy atom. The number of benzene rings is 3. The number of ether oxygens (including phenoxy) is 2. The standard InChI is InChI=1S/C26H28ClNO3/c1-3-30-25-15-14-21(16-22(25)18-31-24-11-7-10-23(27)17-24)26(29)28-19(2)12-13-20-8-5-4-6-9-20/h4-11,14-17,19H,3,12-13,18H2,1-2H3,(H,28,29)/t19-/m0/s1. The second-order valence-corrected chi connectivity index (χ2v) is 7.84. The van der Waals surface area contributed by atoms with Crippen LogP contribution in [0.5, 0.6) is 11.5 Å². The number of carbonyl (C=O) groups is 1. The molecular formula is C26H28ClNO3. The minimum Gasteiger partial charge on any atom is -0.493 e. The number of hydrogen-bond donors (Lipinski definition) is 1. The molecule has 0 fully saturated rings. The Morgan fingerprint density at radius 1 is 1.00 bits per heavy atom. The van der Waals surface area contributed by atoms with Gasteiger partial charge in [0.1, 0.15) is 18.1 Å². The molecule has 0 aliphatic heterocycles. The highest BCUT2D eigenvalue weighted by molar-refractivity contribution is 6.30. The Labute approximate surface area is 189 Å². The Hall–Kier alpha value is -2.98. The molecule has 0 aliphatic carbocycles. The van der Waals surface area contributed by atoms with Gasteiger partial charge in [0.25, 0.3) is 5.91 Å². The van der Waals surface area contributed by atoms with E-state index < -0.39 is 0 Å². The number of carbonyl (C=O) groups excluding carboxylic acids is 1. The Bertz CT molecular complexity index is 991. The van der Waals surface area contributed by atoms with E-state index in [0.717, 1.165) is 18.4 Å². The summed E-state index contributed by atoms with van der Waals surface area (Å²) in [5, 5.41) is 3.70. The van der Waals surface area contributed by atoms with Crippen molar-refractivity contribution in [3.63, 3.8) is 0 Å². The van der Waals surface area contributed by atoms with Crippen molar-refractivity contribution in [1.82, 2.24) is 5.32 Å². The topological polar surface area (TPSA) is 47.6 Å². The first kappa shape index (κ1) is 22.7. The van der Waals surface area contributed by atoms with Crippen LogP contribution in [0.15, 0.2) is 72.8 Å². The van der Waals surface area contributed by atoms with Crippen LogP contribution in [0, 0.1) is 0 Å². The smallest absolute Gasteiger partial charge is 0.251 e. The van der Waals surface area contributed by atoms with E-state index in [-0.39, 0.29) is 18.6 Å². The van der Waals surface area contributed by atoms with Crippen molar-refractivity contribution < 1.29 is 14.3 Å². The molecule has 3 aromatic rings. The lowest BCUT2D eigenvalue weighted by atomic mass is 10.1. The van der Waals surface area contributed by atoms with E-state index in [4.69, 9.17) is 21.1 Å². The molecule has 5 heteroatoms. The summed E-state index contributed by atoms with van der Waals surface area (Å²) < 4.78 is 11.6. The zero-order chi connectivity index (χ0) is 22.1.